The smallest absolute Gasteiger partial charge is 0.254 e. The lowest BCUT2D eigenvalue weighted by Crippen LogP contribution is -2.43. The van der Waals surface area contributed by atoms with E-state index >= 15 is 0 Å². The van der Waals surface area contributed by atoms with Crippen LogP contribution >= 0.6 is 0 Å². The maximum absolute atomic E-state index is 11.6. The van der Waals surface area contributed by atoms with Crippen LogP contribution in [0.25, 0.3) is 0 Å². The van der Waals surface area contributed by atoms with Crippen LogP contribution in [-0.4, -0.2) is 5.78 Å². The minimum Gasteiger partial charge on any atom is -0.367 e. The van der Waals surface area contributed by atoms with Gasteiger partial charge in [-0.1, -0.05) is 0 Å². The largest absolute Gasteiger partial charge is 0.367 e. The number of imidazole rings is 2. The van der Waals surface area contributed by atoms with Gasteiger partial charge in [0, 0.05) is 6.20 Å². The van der Waals surface area contributed by atoms with Crippen LogP contribution < -0.4 is 18.3 Å². The van der Waals surface area contributed by atoms with Crippen molar-refractivity contribution in [2.45, 2.75) is 0 Å². The molecule has 0 aliphatic rings. The van der Waals surface area contributed by atoms with E-state index in [1.165, 1.54) is 13.1 Å². The molecule has 0 saturated carbocycles. The number of hydrogen-bond donors (Lipinski definition) is 0. The van der Waals surface area contributed by atoms with Crippen molar-refractivity contribution in [2.24, 2.45) is 14.1 Å². The molecule has 0 aliphatic carbocycles. The number of nitrogens with zero attached hydrogens (tertiary/aromatic N) is 4. The highest BCUT2D eigenvalue weighted by atomic mass is 16.1. The van der Waals surface area contributed by atoms with Crippen molar-refractivity contribution in [3.8, 4) is 0 Å². The first kappa shape index (κ1) is 10.4. The molecule has 0 atom stereocenters. The van der Waals surface area contributed by atoms with Gasteiger partial charge in [-0.05, 0) is 6.20 Å². The summed E-state index contributed by atoms with van der Waals surface area (Å²) in [4.78, 5) is 11.6. The van der Waals surface area contributed by atoms with Gasteiger partial charge < -0.3 is 18.5 Å². The van der Waals surface area contributed by atoms with E-state index in [1.807, 2.05) is 60.7 Å². The van der Waals surface area contributed by atoms with Gasteiger partial charge in [0.1, 0.15) is 26.1 Å². The topological polar surface area (TPSA) is 32.6 Å². The van der Waals surface area contributed by atoms with E-state index in [9.17, 15) is 4.79 Å². The van der Waals surface area contributed by atoms with Crippen molar-refractivity contribution in [3.63, 3.8) is 0 Å². The number of hydrogen-bond acceptors (Lipinski definition) is 1. The molecule has 0 saturated heterocycles. The molecule has 0 unspecified atom stereocenters. The van der Waals surface area contributed by atoms with Crippen LogP contribution in [0.4, 0.5) is 0 Å². The zero-order chi connectivity index (χ0) is 11.5. The number of carbonyl (C=O) groups is 1. The Balaban J connectivity index is 1.94. The Labute approximate surface area is 94.2 Å². The quantitative estimate of drug-likeness (QED) is 0.417. The van der Waals surface area contributed by atoms with Crippen molar-refractivity contribution < 1.29 is 23.1 Å². The van der Waals surface area contributed by atoms with Crippen molar-refractivity contribution >= 4 is 5.78 Å². The summed E-state index contributed by atoms with van der Waals surface area (Å²) < 4.78 is 7.20. The fourth-order valence-electron chi connectivity index (χ4n) is 1.42. The summed E-state index contributed by atoms with van der Waals surface area (Å²) in [5.74, 6) is -0.0626. The van der Waals surface area contributed by atoms with E-state index in [0.717, 1.165) is 0 Å². The van der Waals surface area contributed by atoms with Gasteiger partial charge in [-0.3, -0.25) is 4.57 Å². The van der Waals surface area contributed by atoms with Crippen LogP contribution in [0.1, 0.15) is 0 Å². The minimum absolute atomic E-state index is 0.0626. The lowest BCUT2D eigenvalue weighted by Gasteiger charge is -2.02. The van der Waals surface area contributed by atoms with Crippen molar-refractivity contribution in [1.29, 1.82) is 0 Å². The van der Waals surface area contributed by atoms with Crippen LogP contribution in [0, 0.1) is 13.1 Å². The van der Waals surface area contributed by atoms with Gasteiger partial charge >= 0.3 is 0 Å². The molecule has 84 valence electrons. The predicted molar refractivity (Wildman–Crippen MR) is 51.2 cm³/mol. The Morgan fingerprint density at radius 3 is 1.75 bits per heavy atom. The molecule has 2 rings (SSSR count). The molecule has 0 N–H and O–H groups in total. The zero-order valence-corrected chi connectivity index (χ0v) is 9.32. The zero-order valence-electron chi connectivity index (χ0n) is 9.32. The first-order valence-electron chi connectivity index (χ1n) is 4.92. The third-order valence-corrected chi connectivity index (χ3v) is 2.13. The van der Waals surface area contributed by atoms with Gasteiger partial charge in [0.15, 0.2) is 0 Å². The third kappa shape index (κ3) is 2.44. The lowest BCUT2D eigenvalue weighted by molar-refractivity contribution is -0.757. The Kier molecular flexibility index (Phi) is 2.68. The Morgan fingerprint density at radius 2 is 1.44 bits per heavy atom. The summed E-state index contributed by atoms with van der Waals surface area (Å²) in [7, 11) is 3.81. The van der Waals surface area contributed by atoms with Crippen LogP contribution in [0.3, 0.4) is 0 Å². The van der Waals surface area contributed by atoms with Crippen molar-refractivity contribution in [2.75, 3.05) is 0 Å². The molecule has 0 amide bonds. The molecule has 0 fully saturated rings. The molecule has 16 heavy (non-hydrogen) atoms. The lowest BCUT2D eigenvalue weighted by atomic mass is 10.4. The maximum atomic E-state index is 11.6. The second-order valence-electron chi connectivity index (χ2n) is 3.71. The Morgan fingerprint density at radius 1 is 1.00 bits per heavy atom. The highest BCUT2D eigenvalue weighted by Crippen LogP contribution is 1.80. The molecule has 5 heteroatoms. The van der Waals surface area contributed by atoms with Crippen LogP contribution in [0.15, 0.2) is 37.4 Å². The fourth-order valence-corrected chi connectivity index (χ4v) is 1.42. The maximum Gasteiger partial charge on any atom is 0.254 e. The molecule has 0 aliphatic heterocycles. The molecule has 0 spiro atoms. The molecule has 0 aromatic carbocycles. The van der Waals surface area contributed by atoms with Crippen LogP contribution in [0.5, 0.6) is 0 Å². The van der Waals surface area contributed by atoms with E-state index < -0.39 is 0 Å². The Bertz CT molecular complexity index is 453. The molecule has 2 aromatic rings. The summed E-state index contributed by atoms with van der Waals surface area (Å²) >= 11 is 0. The molecular weight excluding hydrogens is 204 g/mol. The number of Topliss-reactive ketones (excluding diaryl/α,β-unsaturated/α-hetero) is 1. The molecule has 2 heterocycles. The highest BCUT2D eigenvalue weighted by Gasteiger charge is 2.04. The summed E-state index contributed by atoms with van der Waals surface area (Å²) in [6, 6.07) is 0. The van der Waals surface area contributed by atoms with E-state index in [0.29, 0.717) is 0 Å². The van der Waals surface area contributed by atoms with Gasteiger partial charge in [0.25, 0.3) is 6.33 Å². The van der Waals surface area contributed by atoms with Gasteiger partial charge in [0.2, 0.25) is 6.33 Å². The van der Waals surface area contributed by atoms with Crippen molar-refractivity contribution in [1.82, 2.24) is 0 Å². The molecule has 5 nitrogen and oxygen atoms in total. The number of ketones is 1. The Hall–Kier alpha value is -2.17. The number of rotatable bonds is 4. The van der Waals surface area contributed by atoms with E-state index in [4.69, 9.17) is 0 Å². The predicted octanol–water partition coefficient (Wildman–Crippen LogP) is -2.36. The van der Waals surface area contributed by atoms with Crippen molar-refractivity contribution in [3.05, 3.63) is 50.5 Å². The summed E-state index contributed by atoms with van der Waals surface area (Å²) in [5, 5.41) is 0. The molecule has 0 radical (unpaired) electrons. The average molecular weight is 218 g/mol. The molecule has 0 bridgehead atoms. The molecular formula is C11H14N4O. The second-order valence-corrected chi connectivity index (χ2v) is 3.71. The van der Waals surface area contributed by atoms with Crippen LogP contribution in [-0.2, 0) is 18.9 Å². The number of aryl methyl sites for hydroxylation is 2. The third-order valence-electron chi connectivity index (χ3n) is 2.13. The second kappa shape index (κ2) is 4.14. The summed E-state index contributed by atoms with van der Waals surface area (Å²) in [6.07, 6.45) is 11.0. The fraction of sp³-hybridized carbons (Fsp3) is 0.182. The minimum atomic E-state index is -0.0626. The number of carbonyl (C=O) groups excluding carboxylic acids is 1. The van der Waals surface area contributed by atoms with Gasteiger partial charge in [-0.15, -0.1) is 0 Å². The highest BCUT2D eigenvalue weighted by molar-refractivity contribution is 5.90. The standard InChI is InChI=1S/C11H14N4O/c1-12-3-5-14(9-12)7-11(16)8-15-6-4-13(2)10-15/h3-10H,1-2H3. The summed E-state index contributed by atoms with van der Waals surface area (Å²) in [5.41, 5.74) is 0. The van der Waals surface area contributed by atoms with E-state index in [1.54, 1.807) is 9.13 Å². The molecule has 2 aromatic heterocycles. The first-order valence-corrected chi connectivity index (χ1v) is 4.92. The van der Waals surface area contributed by atoms with Crippen LogP contribution in [0.2, 0.25) is 0 Å². The van der Waals surface area contributed by atoms with Gasteiger partial charge in [0.05, 0.1) is 19.3 Å². The normalized spacial score (nSPS) is 10.1. The van der Waals surface area contributed by atoms with E-state index in [2.05, 4.69) is 0 Å². The monoisotopic (exact) mass is 218 g/mol. The van der Waals surface area contributed by atoms with Gasteiger partial charge in [-0.2, -0.15) is 0 Å². The van der Waals surface area contributed by atoms with Gasteiger partial charge in [-0.25, -0.2) is 0 Å². The SMILES string of the molecule is C[n+]1c[n+]([CH-]C(=O)[CH-][n+]2c[cH-][n+](C)c2)c[cH-]1. The van der Waals surface area contributed by atoms with E-state index in [-0.39, 0.29) is 5.78 Å². The average Bonchev–Trinajstić information content (AvgIpc) is 2.76. The number of aromatic nitrogens is 4. The summed E-state index contributed by atoms with van der Waals surface area (Å²) in [6.45, 7) is 3.06. The first-order chi connectivity index (χ1) is 7.63.